The Kier molecular flexibility index (Phi) is 4.59. The number of halogens is 2. The lowest BCUT2D eigenvalue weighted by atomic mass is 10.2. The number of carbonyl (C=O) groups excluding carboxylic acids is 1. The third-order valence-corrected chi connectivity index (χ3v) is 6.39. The maximum atomic E-state index is 12.7. The quantitative estimate of drug-likeness (QED) is 0.807. The second kappa shape index (κ2) is 6.38. The molecule has 0 aliphatic carbocycles. The van der Waals surface area contributed by atoms with Crippen molar-refractivity contribution in [2.75, 3.05) is 16.2 Å². The van der Waals surface area contributed by atoms with E-state index in [1.54, 1.807) is 35.2 Å². The summed E-state index contributed by atoms with van der Waals surface area (Å²) in [5.41, 5.74) is 2.00. The molecule has 0 saturated carbocycles. The Morgan fingerprint density at radius 1 is 1.25 bits per heavy atom. The molecule has 0 spiro atoms. The van der Waals surface area contributed by atoms with Crippen LogP contribution in [0, 0.1) is 0 Å². The highest BCUT2D eigenvalue weighted by Crippen LogP contribution is 2.36. The number of carbonyl (C=O) groups is 1. The summed E-state index contributed by atoms with van der Waals surface area (Å²) in [7, 11) is -3.81. The van der Waals surface area contributed by atoms with Crippen LogP contribution in [0.15, 0.2) is 45.8 Å². The Bertz CT molecular complexity index is 914. The SMILES string of the molecule is CC(=O)N1CCc2cc(Br)c(S(=O)(=O)Nc3ccc(Cl)cc3)cc21. The van der Waals surface area contributed by atoms with Gasteiger partial charge in [0.25, 0.3) is 10.0 Å². The molecule has 1 aliphatic rings. The number of fused-ring (bicyclic) bond motifs is 1. The fourth-order valence-electron chi connectivity index (χ4n) is 2.65. The van der Waals surface area contributed by atoms with E-state index in [0.29, 0.717) is 33.8 Å². The number of rotatable bonds is 3. The highest BCUT2D eigenvalue weighted by Gasteiger charge is 2.27. The molecule has 0 unspecified atom stereocenters. The minimum atomic E-state index is -3.81. The van der Waals surface area contributed by atoms with Gasteiger partial charge in [0.1, 0.15) is 4.90 Å². The lowest BCUT2D eigenvalue weighted by molar-refractivity contribution is -0.116. The molecule has 1 amide bonds. The van der Waals surface area contributed by atoms with Crippen molar-refractivity contribution in [3.05, 3.63) is 51.5 Å². The van der Waals surface area contributed by atoms with E-state index < -0.39 is 10.0 Å². The molecule has 2 aromatic rings. The molecule has 0 atom stereocenters. The largest absolute Gasteiger partial charge is 0.312 e. The summed E-state index contributed by atoms with van der Waals surface area (Å²) >= 11 is 9.14. The molecule has 2 aromatic carbocycles. The lowest BCUT2D eigenvalue weighted by Gasteiger charge is -2.17. The summed E-state index contributed by atoms with van der Waals surface area (Å²) in [6.45, 7) is 2.03. The number of sulfonamides is 1. The second-order valence-corrected chi connectivity index (χ2v) is 8.39. The normalized spacial score (nSPS) is 13.7. The zero-order valence-corrected chi connectivity index (χ0v) is 15.9. The average molecular weight is 430 g/mol. The summed E-state index contributed by atoms with van der Waals surface area (Å²) in [5, 5.41) is 0.522. The van der Waals surface area contributed by atoms with Crippen molar-refractivity contribution in [3.63, 3.8) is 0 Å². The number of anilines is 2. The minimum Gasteiger partial charge on any atom is -0.312 e. The number of benzene rings is 2. The second-order valence-electron chi connectivity index (χ2n) is 5.44. The molecule has 1 heterocycles. The molecule has 0 aromatic heterocycles. The van der Waals surface area contributed by atoms with Crippen LogP contribution in [0.3, 0.4) is 0 Å². The number of hydrogen-bond donors (Lipinski definition) is 1. The first-order valence-electron chi connectivity index (χ1n) is 7.17. The zero-order valence-electron chi connectivity index (χ0n) is 12.7. The molecule has 0 bridgehead atoms. The Balaban J connectivity index is 2.00. The van der Waals surface area contributed by atoms with Crippen molar-refractivity contribution in [3.8, 4) is 0 Å². The van der Waals surface area contributed by atoms with Crippen molar-refractivity contribution >= 4 is 54.8 Å². The Labute approximate surface area is 153 Å². The van der Waals surface area contributed by atoms with Crippen molar-refractivity contribution in [2.24, 2.45) is 0 Å². The van der Waals surface area contributed by atoms with Crippen LogP contribution in [0.5, 0.6) is 0 Å². The molecule has 0 saturated heterocycles. The Hall–Kier alpha value is -1.57. The van der Waals surface area contributed by atoms with Gasteiger partial charge in [-0.2, -0.15) is 0 Å². The van der Waals surface area contributed by atoms with Crippen LogP contribution >= 0.6 is 27.5 Å². The van der Waals surface area contributed by atoms with Gasteiger partial charge >= 0.3 is 0 Å². The van der Waals surface area contributed by atoms with E-state index in [1.807, 2.05) is 0 Å². The van der Waals surface area contributed by atoms with E-state index >= 15 is 0 Å². The van der Waals surface area contributed by atoms with Gasteiger partial charge in [0, 0.05) is 34.3 Å². The smallest absolute Gasteiger partial charge is 0.263 e. The van der Waals surface area contributed by atoms with Crippen molar-refractivity contribution in [1.82, 2.24) is 0 Å². The molecule has 1 N–H and O–H groups in total. The first-order chi connectivity index (χ1) is 11.3. The summed E-state index contributed by atoms with van der Waals surface area (Å²) in [5.74, 6) is -0.106. The molecular formula is C16H14BrClN2O3S. The number of nitrogens with zero attached hydrogens (tertiary/aromatic N) is 1. The number of amides is 1. The fourth-order valence-corrected chi connectivity index (χ4v) is 4.94. The van der Waals surface area contributed by atoms with Crippen LogP contribution in [0.4, 0.5) is 11.4 Å². The van der Waals surface area contributed by atoms with E-state index in [-0.39, 0.29) is 10.8 Å². The highest BCUT2D eigenvalue weighted by molar-refractivity contribution is 9.10. The van der Waals surface area contributed by atoms with Gasteiger partial charge in [0.15, 0.2) is 0 Å². The molecule has 3 rings (SSSR count). The van der Waals surface area contributed by atoms with Crippen molar-refractivity contribution in [1.29, 1.82) is 0 Å². The monoisotopic (exact) mass is 428 g/mol. The highest BCUT2D eigenvalue weighted by atomic mass is 79.9. The van der Waals surface area contributed by atoms with Crippen LogP contribution in [0.25, 0.3) is 0 Å². The van der Waals surface area contributed by atoms with Gasteiger partial charge in [0.05, 0.1) is 0 Å². The predicted octanol–water partition coefficient (Wildman–Crippen LogP) is 3.81. The van der Waals surface area contributed by atoms with Gasteiger partial charge in [-0.05, 0) is 64.3 Å². The van der Waals surface area contributed by atoms with Crippen molar-refractivity contribution < 1.29 is 13.2 Å². The van der Waals surface area contributed by atoms with E-state index in [0.717, 1.165) is 5.56 Å². The van der Waals surface area contributed by atoms with Crippen LogP contribution < -0.4 is 9.62 Å². The van der Waals surface area contributed by atoms with Crippen molar-refractivity contribution in [2.45, 2.75) is 18.2 Å². The first-order valence-corrected chi connectivity index (χ1v) is 9.82. The molecule has 1 aliphatic heterocycles. The van der Waals surface area contributed by atoms with Gasteiger partial charge in [-0.25, -0.2) is 8.42 Å². The Morgan fingerprint density at radius 3 is 2.54 bits per heavy atom. The first kappa shape index (κ1) is 17.3. The average Bonchev–Trinajstić information content (AvgIpc) is 2.91. The summed E-state index contributed by atoms with van der Waals surface area (Å²) < 4.78 is 28.4. The van der Waals surface area contributed by atoms with Crippen LogP contribution in [-0.2, 0) is 21.2 Å². The van der Waals surface area contributed by atoms with E-state index in [2.05, 4.69) is 20.7 Å². The van der Waals surface area contributed by atoms with Gasteiger partial charge in [0.2, 0.25) is 5.91 Å². The predicted molar refractivity (Wildman–Crippen MR) is 98.1 cm³/mol. The fraction of sp³-hybridized carbons (Fsp3) is 0.188. The maximum absolute atomic E-state index is 12.7. The van der Waals surface area contributed by atoms with Gasteiger partial charge in [-0.15, -0.1) is 0 Å². The van der Waals surface area contributed by atoms with Gasteiger partial charge < -0.3 is 4.90 Å². The van der Waals surface area contributed by atoms with Crippen LogP contribution in [-0.4, -0.2) is 20.9 Å². The number of nitrogens with one attached hydrogen (secondary N) is 1. The summed E-state index contributed by atoms with van der Waals surface area (Å²) in [6.07, 6.45) is 0.707. The molecule has 24 heavy (non-hydrogen) atoms. The molecule has 0 fully saturated rings. The van der Waals surface area contributed by atoms with Crippen LogP contribution in [0.1, 0.15) is 12.5 Å². The number of hydrogen-bond acceptors (Lipinski definition) is 3. The van der Waals surface area contributed by atoms with Gasteiger partial charge in [-0.1, -0.05) is 11.6 Å². The topological polar surface area (TPSA) is 66.5 Å². The molecular weight excluding hydrogens is 416 g/mol. The standard InChI is InChI=1S/C16H14BrClN2O3S/c1-10(21)20-7-6-11-8-14(17)16(9-15(11)20)24(22,23)19-13-4-2-12(18)3-5-13/h2-5,8-9,19H,6-7H2,1H3. The lowest BCUT2D eigenvalue weighted by Crippen LogP contribution is -2.26. The minimum absolute atomic E-state index is 0.0874. The Morgan fingerprint density at radius 2 is 1.92 bits per heavy atom. The van der Waals surface area contributed by atoms with E-state index in [4.69, 9.17) is 11.6 Å². The van der Waals surface area contributed by atoms with E-state index in [1.165, 1.54) is 13.0 Å². The maximum Gasteiger partial charge on any atom is 0.263 e. The van der Waals surface area contributed by atoms with E-state index in [9.17, 15) is 13.2 Å². The molecule has 5 nitrogen and oxygen atoms in total. The summed E-state index contributed by atoms with van der Waals surface area (Å²) in [6, 6.07) is 9.68. The van der Waals surface area contributed by atoms with Gasteiger partial charge in [-0.3, -0.25) is 9.52 Å². The molecule has 8 heteroatoms. The van der Waals surface area contributed by atoms with Crippen LogP contribution in [0.2, 0.25) is 5.02 Å². The molecule has 126 valence electrons. The summed E-state index contributed by atoms with van der Waals surface area (Å²) in [4.78, 5) is 13.4. The zero-order chi connectivity index (χ0) is 17.5. The third-order valence-electron chi connectivity index (χ3n) is 3.79. The third kappa shape index (κ3) is 3.29. The molecule has 0 radical (unpaired) electrons.